The molecule has 0 saturated carbocycles. The van der Waals surface area contributed by atoms with Crippen molar-refractivity contribution in [2.75, 3.05) is 5.01 Å². The van der Waals surface area contributed by atoms with Gasteiger partial charge >= 0.3 is 0 Å². The second-order valence-electron chi connectivity index (χ2n) is 3.39. The lowest BCUT2D eigenvalue weighted by atomic mass is 10.2. The first-order valence-corrected chi connectivity index (χ1v) is 4.82. The summed E-state index contributed by atoms with van der Waals surface area (Å²) in [5.74, 6) is 0. The van der Waals surface area contributed by atoms with E-state index in [0.717, 1.165) is 11.4 Å². The molecule has 1 aromatic carbocycles. The maximum atomic E-state index is 4.35. The van der Waals surface area contributed by atoms with Crippen LogP contribution in [0.5, 0.6) is 0 Å². The van der Waals surface area contributed by atoms with Crippen molar-refractivity contribution in [1.29, 1.82) is 0 Å². The van der Waals surface area contributed by atoms with Crippen molar-refractivity contribution in [2.24, 2.45) is 10.1 Å². The highest BCUT2D eigenvalue weighted by molar-refractivity contribution is 5.82. The van der Waals surface area contributed by atoms with Crippen LogP contribution in [0.25, 0.3) is 0 Å². The molecule has 1 atom stereocenters. The Bertz CT molecular complexity index is 447. The third kappa shape index (κ3) is 1.30. The largest absolute Gasteiger partial charge is 0.363 e. The zero-order valence-electron chi connectivity index (χ0n) is 8.04. The number of hydrogen-bond acceptors (Lipinski definition) is 4. The summed E-state index contributed by atoms with van der Waals surface area (Å²) in [5, 5.41) is 9.37. The summed E-state index contributed by atoms with van der Waals surface area (Å²) in [5.41, 5.74) is 2.12. The lowest BCUT2D eigenvalue weighted by molar-refractivity contribution is 0.857. The predicted molar refractivity (Wildman–Crippen MR) is 60.9 cm³/mol. The molecule has 4 nitrogen and oxygen atoms in total. The van der Waals surface area contributed by atoms with Crippen LogP contribution in [0.15, 0.2) is 52.3 Å². The molecule has 1 N–H and O–H groups in total. The van der Waals surface area contributed by atoms with Gasteiger partial charge in [-0.05, 0) is 12.1 Å². The molecule has 1 unspecified atom stereocenters. The van der Waals surface area contributed by atoms with E-state index in [-0.39, 0.29) is 6.04 Å². The normalized spacial score (nSPS) is 22.3. The smallest absolute Gasteiger partial charge is 0.108 e. The molecule has 0 aromatic heterocycles. The molecule has 2 aliphatic rings. The Balaban J connectivity index is 1.98. The zero-order chi connectivity index (χ0) is 10.1. The molecular formula is C11H10N4. The van der Waals surface area contributed by atoms with Crippen LogP contribution in [0.3, 0.4) is 0 Å². The van der Waals surface area contributed by atoms with Gasteiger partial charge in [0.25, 0.3) is 0 Å². The van der Waals surface area contributed by atoms with Crippen LogP contribution in [-0.4, -0.2) is 18.6 Å². The number of hydrazone groups is 1. The van der Waals surface area contributed by atoms with Crippen LogP contribution in [0.4, 0.5) is 5.69 Å². The van der Waals surface area contributed by atoms with E-state index in [0.29, 0.717) is 0 Å². The summed E-state index contributed by atoms with van der Waals surface area (Å²) in [6.07, 6.45) is 5.40. The van der Waals surface area contributed by atoms with E-state index >= 15 is 0 Å². The van der Waals surface area contributed by atoms with Gasteiger partial charge in [0, 0.05) is 0 Å². The molecule has 2 aliphatic heterocycles. The van der Waals surface area contributed by atoms with Crippen molar-refractivity contribution in [2.45, 2.75) is 6.04 Å². The van der Waals surface area contributed by atoms with Crippen LogP contribution in [0.2, 0.25) is 0 Å². The fourth-order valence-corrected chi connectivity index (χ4v) is 1.69. The third-order valence-corrected chi connectivity index (χ3v) is 2.43. The quantitative estimate of drug-likeness (QED) is 0.739. The van der Waals surface area contributed by atoms with Crippen LogP contribution in [-0.2, 0) is 0 Å². The first kappa shape index (κ1) is 8.23. The minimum Gasteiger partial charge on any atom is -0.363 e. The van der Waals surface area contributed by atoms with E-state index in [1.165, 1.54) is 0 Å². The number of fused-ring (bicyclic) bond motifs is 1. The van der Waals surface area contributed by atoms with Gasteiger partial charge in [-0.2, -0.15) is 5.10 Å². The Kier molecular flexibility index (Phi) is 1.78. The highest BCUT2D eigenvalue weighted by Gasteiger charge is 2.25. The van der Waals surface area contributed by atoms with E-state index in [9.17, 15) is 0 Å². The molecule has 0 radical (unpaired) electrons. The minimum absolute atomic E-state index is 0.155. The number of anilines is 1. The Labute approximate surface area is 87.6 Å². The molecule has 0 bridgehead atoms. The first-order chi connectivity index (χ1) is 7.45. The Morgan fingerprint density at radius 2 is 2.07 bits per heavy atom. The summed E-state index contributed by atoms with van der Waals surface area (Å²) in [4.78, 5) is 4.08. The van der Waals surface area contributed by atoms with Gasteiger partial charge in [-0.3, -0.25) is 0 Å². The molecule has 3 rings (SSSR count). The summed E-state index contributed by atoms with van der Waals surface area (Å²) in [6, 6.07) is 10.2. The molecule has 4 heteroatoms. The van der Waals surface area contributed by atoms with E-state index in [1.807, 2.05) is 47.8 Å². The van der Waals surface area contributed by atoms with Gasteiger partial charge in [0.1, 0.15) is 6.04 Å². The lowest BCUT2D eigenvalue weighted by Gasteiger charge is -2.20. The van der Waals surface area contributed by atoms with Gasteiger partial charge in [0.2, 0.25) is 0 Å². The maximum Gasteiger partial charge on any atom is 0.108 e. The summed E-state index contributed by atoms with van der Waals surface area (Å²) in [6.45, 7) is 0. The van der Waals surface area contributed by atoms with Crippen LogP contribution in [0.1, 0.15) is 0 Å². The number of para-hydroxylation sites is 1. The second-order valence-corrected chi connectivity index (χ2v) is 3.39. The maximum absolute atomic E-state index is 4.35. The van der Waals surface area contributed by atoms with Gasteiger partial charge in [-0.25, -0.2) is 10.0 Å². The van der Waals surface area contributed by atoms with Crippen molar-refractivity contribution in [3.05, 3.63) is 42.2 Å². The number of aliphatic imine (C=N–C) groups is 1. The van der Waals surface area contributed by atoms with Crippen LogP contribution >= 0.6 is 0 Å². The van der Waals surface area contributed by atoms with Crippen LogP contribution < -0.4 is 10.3 Å². The van der Waals surface area contributed by atoms with Gasteiger partial charge < -0.3 is 5.32 Å². The van der Waals surface area contributed by atoms with Gasteiger partial charge in [-0.1, -0.05) is 18.2 Å². The molecule has 1 aromatic rings. The zero-order valence-corrected chi connectivity index (χ0v) is 8.04. The number of rotatable bonds is 1. The van der Waals surface area contributed by atoms with E-state index < -0.39 is 0 Å². The predicted octanol–water partition coefficient (Wildman–Crippen LogP) is 1.33. The molecule has 0 aliphatic carbocycles. The van der Waals surface area contributed by atoms with E-state index in [2.05, 4.69) is 15.4 Å². The topological polar surface area (TPSA) is 40.0 Å². The summed E-state index contributed by atoms with van der Waals surface area (Å²) in [7, 11) is 0. The molecule has 0 fully saturated rings. The van der Waals surface area contributed by atoms with E-state index in [1.54, 1.807) is 6.34 Å². The standard InChI is InChI=1S/C11H10N4/c1-2-4-9(5-3-1)15-11-7-12-8-13-10(11)6-14-15/h1-8,10H,(H,12,13). The Morgan fingerprint density at radius 3 is 2.93 bits per heavy atom. The average Bonchev–Trinajstić information content (AvgIpc) is 2.74. The molecule has 2 heterocycles. The summed E-state index contributed by atoms with van der Waals surface area (Å²) >= 11 is 0. The number of nitrogens with zero attached hydrogens (tertiary/aromatic N) is 3. The van der Waals surface area contributed by atoms with Gasteiger partial charge in [0.05, 0.1) is 30.1 Å². The molecule has 74 valence electrons. The average molecular weight is 198 g/mol. The van der Waals surface area contributed by atoms with Crippen molar-refractivity contribution in [3.63, 3.8) is 0 Å². The molecule has 0 amide bonds. The van der Waals surface area contributed by atoms with Gasteiger partial charge in [-0.15, -0.1) is 0 Å². The lowest BCUT2D eigenvalue weighted by Crippen LogP contribution is -2.34. The number of nitrogens with one attached hydrogen (secondary N) is 1. The first-order valence-electron chi connectivity index (χ1n) is 4.82. The Morgan fingerprint density at radius 1 is 1.20 bits per heavy atom. The highest BCUT2D eigenvalue weighted by Crippen LogP contribution is 2.25. The number of benzene rings is 1. The van der Waals surface area contributed by atoms with Crippen molar-refractivity contribution in [3.8, 4) is 0 Å². The molecule has 15 heavy (non-hydrogen) atoms. The minimum atomic E-state index is 0.155. The van der Waals surface area contributed by atoms with Crippen molar-refractivity contribution < 1.29 is 0 Å². The fourth-order valence-electron chi connectivity index (χ4n) is 1.69. The number of hydrogen-bond donors (Lipinski definition) is 1. The highest BCUT2D eigenvalue weighted by atomic mass is 15.5. The van der Waals surface area contributed by atoms with Gasteiger partial charge in [0.15, 0.2) is 0 Å². The molecule has 0 saturated heterocycles. The van der Waals surface area contributed by atoms with Crippen molar-refractivity contribution >= 4 is 18.2 Å². The molecular weight excluding hydrogens is 188 g/mol. The van der Waals surface area contributed by atoms with Crippen molar-refractivity contribution in [1.82, 2.24) is 5.32 Å². The monoisotopic (exact) mass is 198 g/mol. The fraction of sp³-hybridized carbons (Fsp3) is 0.0909. The SMILES string of the molecule is C1=NC=C2C(C=NN2c2ccccc2)N1. The Hall–Kier alpha value is -2.10. The third-order valence-electron chi connectivity index (χ3n) is 2.43. The second kappa shape index (κ2) is 3.24. The van der Waals surface area contributed by atoms with Crippen LogP contribution in [0, 0.1) is 0 Å². The summed E-state index contributed by atoms with van der Waals surface area (Å²) < 4.78 is 0. The molecule has 0 spiro atoms. The van der Waals surface area contributed by atoms with E-state index in [4.69, 9.17) is 0 Å².